The zero-order chi connectivity index (χ0) is 71.7. The van der Waals surface area contributed by atoms with E-state index in [0.717, 1.165) is 114 Å². The third kappa shape index (κ3) is 69.5. The molecule has 0 spiro atoms. The van der Waals surface area contributed by atoms with Gasteiger partial charge in [0.2, 0.25) is 0 Å². The number of aliphatic hydroxyl groups is 1. The molecule has 0 bridgehead atoms. The largest absolute Gasteiger partial charge is 0.472 e. The molecule has 0 saturated carbocycles. The minimum absolute atomic E-state index is 0.102. The van der Waals surface area contributed by atoms with Crippen LogP contribution in [0.3, 0.4) is 0 Å². The van der Waals surface area contributed by atoms with Gasteiger partial charge in [-0.3, -0.25) is 37.3 Å². The number of hydrogen-bond acceptors (Lipinski definition) is 15. The van der Waals surface area contributed by atoms with Gasteiger partial charge < -0.3 is 33.8 Å². The van der Waals surface area contributed by atoms with Crippen molar-refractivity contribution >= 4 is 39.5 Å². The van der Waals surface area contributed by atoms with Gasteiger partial charge in [0.05, 0.1) is 26.4 Å². The van der Waals surface area contributed by atoms with Gasteiger partial charge in [0.25, 0.3) is 0 Å². The van der Waals surface area contributed by atoms with Gasteiger partial charge >= 0.3 is 39.5 Å². The third-order valence-corrected chi connectivity index (χ3v) is 20.7. The van der Waals surface area contributed by atoms with E-state index in [-0.39, 0.29) is 25.7 Å². The van der Waals surface area contributed by atoms with Crippen LogP contribution in [0.15, 0.2) is 0 Å². The van der Waals surface area contributed by atoms with Crippen molar-refractivity contribution in [1.82, 2.24) is 0 Å². The Hall–Kier alpha value is -1.94. The lowest BCUT2D eigenvalue weighted by atomic mass is 9.99. The second-order valence-electron chi connectivity index (χ2n) is 29.5. The molecule has 0 radical (unpaired) electrons. The van der Waals surface area contributed by atoms with Crippen LogP contribution >= 0.6 is 15.6 Å². The monoisotopic (exact) mass is 1420 g/mol. The molecule has 0 rings (SSSR count). The number of unbranched alkanes of at least 4 members (excludes halogenated alkanes) is 39. The summed E-state index contributed by atoms with van der Waals surface area (Å²) in [6.07, 6.45) is 53.0. The maximum Gasteiger partial charge on any atom is 0.472 e. The molecule has 0 amide bonds. The van der Waals surface area contributed by atoms with E-state index in [2.05, 4.69) is 55.4 Å². The highest BCUT2D eigenvalue weighted by atomic mass is 31.2. The van der Waals surface area contributed by atoms with Gasteiger partial charge in [-0.15, -0.1) is 0 Å². The smallest absolute Gasteiger partial charge is 0.462 e. The van der Waals surface area contributed by atoms with E-state index < -0.39 is 97.5 Å². The minimum atomic E-state index is -4.96. The SMILES string of the molecule is CCC(C)CCCCCCCCCCCCCCCCCCCCC(=O)OC[C@H](COP(=O)(O)OC[C@@H](O)COP(=O)(O)OC[C@@H](COC(=O)CCCCCCCCC(C)CC)OC(=O)CCCCCCCCCC(C)C)OC(=O)CCCCCCCCCCCCCCC(C)C. The molecular formula is C78H152O17P2. The van der Waals surface area contributed by atoms with Crippen LogP contribution in [0.4, 0.5) is 0 Å². The first-order valence-electron chi connectivity index (χ1n) is 40.3. The van der Waals surface area contributed by atoms with Gasteiger partial charge in [-0.25, -0.2) is 9.13 Å². The molecule has 0 aromatic rings. The Bertz CT molecular complexity index is 1910. The van der Waals surface area contributed by atoms with Crippen LogP contribution in [0.25, 0.3) is 0 Å². The summed E-state index contributed by atoms with van der Waals surface area (Å²) in [6.45, 7) is 14.2. The summed E-state index contributed by atoms with van der Waals surface area (Å²) in [5.74, 6) is 0.954. The average Bonchev–Trinajstić information content (AvgIpc) is 1.59. The molecule has 17 nitrogen and oxygen atoms in total. The van der Waals surface area contributed by atoms with Crippen molar-refractivity contribution in [2.75, 3.05) is 39.6 Å². The van der Waals surface area contributed by atoms with Crippen molar-refractivity contribution in [2.45, 2.75) is 414 Å². The lowest BCUT2D eigenvalue weighted by Crippen LogP contribution is -2.30. The molecule has 576 valence electrons. The van der Waals surface area contributed by atoms with E-state index in [9.17, 15) is 43.2 Å². The predicted molar refractivity (Wildman–Crippen MR) is 395 cm³/mol. The van der Waals surface area contributed by atoms with Crippen LogP contribution in [0, 0.1) is 23.7 Å². The number of rotatable bonds is 75. The first-order valence-corrected chi connectivity index (χ1v) is 43.3. The van der Waals surface area contributed by atoms with Crippen molar-refractivity contribution in [3.8, 4) is 0 Å². The van der Waals surface area contributed by atoms with Crippen molar-refractivity contribution < 1.29 is 80.2 Å². The lowest BCUT2D eigenvalue weighted by Gasteiger charge is -2.21. The van der Waals surface area contributed by atoms with E-state index in [1.165, 1.54) is 193 Å². The molecule has 97 heavy (non-hydrogen) atoms. The Kier molecular flexibility index (Phi) is 65.9. The average molecular weight is 1420 g/mol. The number of hydrogen-bond donors (Lipinski definition) is 3. The molecule has 0 aliphatic heterocycles. The topological polar surface area (TPSA) is 237 Å². The first kappa shape index (κ1) is 95.1. The summed E-state index contributed by atoms with van der Waals surface area (Å²) in [7, 11) is -9.91. The van der Waals surface area contributed by atoms with Crippen LogP contribution < -0.4 is 0 Å². The second kappa shape index (κ2) is 67.2. The Balaban J connectivity index is 5.18. The van der Waals surface area contributed by atoms with Crippen LogP contribution in [-0.4, -0.2) is 96.7 Å². The standard InChI is InChI=1S/C78H152O17P2/c1-9-70(7)56-48-40-32-26-22-17-15-13-11-12-14-16-18-23-27-33-42-50-58-75(80)88-64-73(94-77(82)60-52-44-34-28-24-20-19-21-25-30-38-46-54-68(3)4)66-92-96(84,85)90-62-72(79)63-91-97(86,87)93-67-74(95-78(83)61-53-45-35-29-31-39-47-55-69(5)6)65-89-76(81)59-51-43-37-36-41-49-57-71(8)10-2/h68-74,79H,9-67H2,1-8H3,(H,84,85)(H,86,87)/t70?,71?,72-,73-,74-/m1/s1. The van der Waals surface area contributed by atoms with E-state index >= 15 is 0 Å². The van der Waals surface area contributed by atoms with Crippen molar-refractivity contribution in [2.24, 2.45) is 23.7 Å². The van der Waals surface area contributed by atoms with Gasteiger partial charge in [0.1, 0.15) is 19.3 Å². The maximum absolute atomic E-state index is 13.1. The molecule has 4 unspecified atom stereocenters. The fourth-order valence-corrected chi connectivity index (χ4v) is 13.4. The number of phosphoric ester groups is 2. The molecule has 3 N–H and O–H groups in total. The number of carbonyl (C=O) groups excluding carboxylic acids is 4. The van der Waals surface area contributed by atoms with Crippen molar-refractivity contribution in [1.29, 1.82) is 0 Å². The number of esters is 4. The zero-order valence-corrected chi connectivity index (χ0v) is 65.5. The highest BCUT2D eigenvalue weighted by molar-refractivity contribution is 7.47. The number of phosphoric acid groups is 2. The number of ether oxygens (including phenoxy) is 4. The first-order chi connectivity index (χ1) is 46.7. The fourth-order valence-electron chi connectivity index (χ4n) is 11.8. The molecular weight excluding hydrogens is 1270 g/mol. The van der Waals surface area contributed by atoms with Gasteiger partial charge in [0.15, 0.2) is 12.2 Å². The normalized spacial score (nSPS) is 14.6. The molecule has 0 aliphatic rings. The van der Waals surface area contributed by atoms with E-state index in [1.54, 1.807) is 0 Å². The van der Waals surface area contributed by atoms with E-state index in [1.807, 2.05) is 0 Å². The fraction of sp³-hybridized carbons (Fsp3) is 0.949. The Morgan fingerprint density at radius 3 is 0.732 bits per heavy atom. The van der Waals surface area contributed by atoms with Crippen LogP contribution in [0.2, 0.25) is 0 Å². The van der Waals surface area contributed by atoms with E-state index in [4.69, 9.17) is 37.0 Å². The Labute approximate surface area is 594 Å². The number of carbonyl (C=O) groups is 4. The van der Waals surface area contributed by atoms with Crippen LogP contribution in [-0.2, 0) is 65.4 Å². The molecule has 19 heteroatoms. The van der Waals surface area contributed by atoms with Crippen LogP contribution in [0.5, 0.6) is 0 Å². The highest BCUT2D eigenvalue weighted by Crippen LogP contribution is 2.45. The van der Waals surface area contributed by atoms with Gasteiger partial charge in [-0.05, 0) is 49.4 Å². The van der Waals surface area contributed by atoms with Gasteiger partial charge in [-0.1, -0.05) is 344 Å². The van der Waals surface area contributed by atoms with Gasteiger partial charge in [-0.2, -0.15) is 0 Å². The van der Waals surface area contributed by atoms with Crippen molar-refractivity contribution in [3.63, 3.8) is 0 Å². The summed E-state index contributed by atoms with van der Waals surface area (Å²) in [5.41, 5.74) is 0. The molecule has 0 aliphatic carbocycles. The van der Waals surface area contributed by atoms with Gasteiger partial charge in [0, 0.05) is 25.7 Å². The minimum Gasteiger partial charge on any atom is -0.462 e. The van der Waals surface area contributed by atoms with E-state index in [0.29, 0.717) is 31.6 Å². The quantitative estimate of drug-likeness (QED) is 0.0222. The molecule has 7 atom stereocenters. The van der Waals surface area contributed by atoms with Crippen LogP contribution in [0.1, 0.15) is 396 Å². The Morgan fingerprint density at radius 1 is 0.289 bits per heavy atom. The summed E-state index contributed by atoms with van der Waals surface area (Å²) in [5, 5.41) is 10.6. The van der Waals surface area contributed by atoms with Crippen molar-refractivity contribution in [3.05, 3.63) is 0 Å². The maximum atomic E-state index is 13.1. The molecule has 0 saturated heterocycles. The highest BCUT2D eigenvalue weighted by Gasteiger charge is 2.30. The second-order valence-corrected chi connectivity index (χ2v) is 32.4. The third-order valence-electron chi connectivity index (χ3n) is 18.8. The Morgan fingerprint density at radius 2 is 0.495 bits per heavy atom. The number of aliphatic hydroxyl groups excluding tert-OH is 1. The summed E-state index contributed by atoms with van der Waals surface area (Å²) in [6, 6.07) is 0. The summed E-state index contributed by atoms with van der Waals surface area (Å²) >= 11 is 0. The zero-order valence-electron chi connectivity index (χ0n) is 63.7. The molecule has 0 heterocycles. The summed E-state index contributed by atoms with van der Waals surface area (Å²) in [4.78, 5) is 72.8. The molecule has 0 aromatic heterocycles. The lowest BCUT2D eigenvalue weighted by molar-refractivity contribution is -0.161. The molecule has 0 fully saturated rings. The molecule has 0 aromatic carbocycles. The summed E-state index contributed by atoms with van der Waals surface area (Å²) < 4.78 is 68.5. The predicted octanol–water partition coefficient (Wildman–Crippen LogP) is 22.8.